The van der Waals surface area contributed by atoms with Gasteiger partial charge in [0.15, 0.2) is 16.3 Å². The van der Waals surface area contributed by atoms with Gasteiger partial charge in [-0.05, 0) is 99.1 Å². The van der Waals surface area contributed by atoms with E-state index in [9.17, 15) is 14.9 Å². The number of nitro benzene ring substituents is 1. The number of halogens is 1. The van der Waals surface area contributed by atoms with Crippen LogP contribution in [0.4, 0.5) is 5.69 Å². The minimum Gasteiger partial charge on any atom is -0.493 e. The van der Waals surface area contributed by atoms with E-state index >= 15 is 0 Å². The fraction of sp³-hybridized carbons (Fsp3) is 0.167. The second-order valence-corrected chi connectivity index (χ2v) is 13.0. The summed E-state index contributed by atoms with van der Waals surface area (Å²) in [6.07, 6.45) is 3.52. The first kappa shape index (κ1) is 30.6. The van der Waals surface area contributed by atoms with Gasteiger partial charge in [0.2, 0.25) is 0 Å². The molecule has 4 aromatic carbocycles. The monoisotopic (exact) mass is 709 g/mol. The minimum absolute atomic E-state index is 0.0320. The highest BCUT2D eigenvalue weighted by molar-refractivity contribution is 9.10. The van der Waals surface area contributed by atoms with E-state index < -0.39 is 4.92 Å². The van der Waals surface area contributed by atoms with Crippen molar-refractivity contribution >= 4 is 44.7 Å². The lowest BCUT2D eigenvalue weighted by Crippen LogP contribution is -2.38. The summed E-state index contributed by atoms with van der Waals surface area (Å²) in [6, 6.07) is 25.7. The lowest BCUT2D eigenvalue weighted by molar-refractivity contribution is -0.384. The summed E-state index contributed by atoms with van der Waals surface area (Å²) in [4.78, 5) is 30.4. The predicted octanol–water partition coefficient (Wildman–Crippen LogP) is 6.59. The molecule has 9 nitrogen and oxygen atoms in total. The van der Waals surface area contributed by atoms with Crippen molar-refractivity contribution in [1.82, 2.24) is 4.57 Å². The smallest absolute Gasteiger partial charge is 0.271 e. The molecule has 1 aromatic heterocycles. The van der Waals surface area contributed by atoms with Crippen molar-refractivity contribution in [2.45, 2.75) is 25.5 Å². The van der Waals surface area contributed by atoms with Crippen LogP contribution in [-0.4, -0.2) is 23.7 Å². The maximum Gasteiger partial charge on any atom is 0.271 e. The van der Waals surface area contributed by atoms with Crippen molar-refractivity contribution in [2.24, 2.45) is 4.99 Å². The first-order valence-corrected chi connectivity index (χ1v) is 16.5. The third kappa shape index (κ3) is 5.77. The molecule has 0 saturated carbocycles. The Morgan fingerprint density at radius 1 is 0.979 bits per heavy atom. The number of aromatic nitrogens is 1. The van der Waals surface area contributed by atoms with Crippen LogP contribution in [0, 0.1) is 10.1 Å². The molecule has 0 spiro atoms. The molecule has 1 aliphatic heterocycles. The molecule has 11 heteroatoms. The normalized spacial score (nSPS) is 15.3. The number of rotatable bonds is 8. The van der Waals surface area contributed by atoms with E-state index in [4.69, 9.17) is 19.2 Å². The molecule has 1 unspecified atom stereocenters. The molecule has 0 fully saturated rings. The van der Waals surface area contributed by atoms with Gasteiger partial charge in [0.25, 0.3) is 11.2 Å². The zero-order valence-electron chi connectivity index (χ0n) is 25.4. The van der Waals surface area contributed by atoms with Crippen LogP contribution >= 0.6 is 27.3 Å². The molecule has 47 heavy (non-hydrogen) atoms. The van der Waals surface area contributed by atoms with Gasteiger partial charge in [0.1, 0.15) is 12.4 Å². The summed E-state index contributed by atoms with van der Waals surface area (Å²) in [5.74, 6) is 1.84. The van der Waals surface area contributed by atoms with Crippen LogP contribution in [0.5, 0.6) is 17.2 Å². The molecule has 0 saturated heterocycles. The average molecular weight is 711 g/mol. The molecular formula is C36H28BrN3O6S. The van der Waals surface area contributed by atoms with E-state index in [1.807, 2.05) is 48.5 Å². The number of methoxy groups -OCH3 is 2. The van der Waals surface area contributed by atoms with E-state index in [2.05, 4.69) is 34.1 Å². The number of hydrogen-bond donors (Lipinski definition) is 0. The number of allylic oxidation sites excluding steroid dienone is 1. The van der Waals surface area contributed by atoms with Gasteiger partial charge in [-0.25, -0.2) is 4.99 Å². The van der Waals surface area contributed by atoms with Crippen LogP contribution in [0.15, 0.2) is 105 Å². The molecular weight excluding hydrogens is 682 g/mol. The molecule has 7 rings (SSSR count). The fourth-order valence-corrected chi connectivity index (χ4v) is 7.61. The standard InChI is InChI=1S/C36H28BrN3O6S/c1-44-30-16-11-24(19-31(30)45-2)34-27-14-10-23-5-3-4-6-26(23)33(27)38-36-39(34)35(41)32(47-36)18-22-9-15-29(28(37)17-22)46-20-21-7-12-25(13-8-21)40(42)43/h3-9,11-13,15-19,34H,10,14,20H2,1-2H3. The third-order valence-corrected chi connectivity index (χ3v) is 9.99. The molecule has 236 valence electrons. The second-order valence-electron chi connectivity index (χ2n) is 11.1. The predicted molar refractivity (Wildman–Crippen MR) is 184 cm³/mol. The van der Waals surface area contributed by atoms with Gasteiger partial charge < -0.3 is 14.2 Å². The Hall–Kier alpha value is -5.00. The number of benzene rings is 4. The van der Waals surface area contributed by atoms with Gasteiger partial charge in [-0.1, -0.05) is 47.7 Å². The highest BCUT2D eigenvalue weighted by atomic mass is 79.9. The fourth-order valence-electron chi connectivity index (χ4n) is 6.10. The first-order chi connectivity index (χ1) is 22.8. The van der Waals surface area contributed by atoms with Crippen molar-refractivity contribution < 1.29 is 19.1 Å². The van der Waals surface area contributed by atoms with E-state index in [-0.39, 0.29) is 23.9 Å². The van der Waals surface area contributed by atoms with E-state index in [0.717, 1.165) is 50.8 Å². The number of thiazole rings is 1. The summed E-state index contributed by atoms with van der Waals surface area (Å²) in [7, 11) is 3.22. The van der Waals surface area contributed by atoms with Crippen LogP contribution in [0.3, 0.4) is 0 Å². The van der Waals surface area contributed by atoms with E-state index in [1.54, 1.807) is 30.9 Å². The molecule has 5 aromatic rings. The van der Waals surface area contributed by atoms with Crippen LogP contribution in [-0.2, 0) is 13.0 Å². The number of aryl methyl sites for hydroxylation is 1. The van der Waals surface area contributed by atoms with Crippen LogP contribution in [0.1, 0.15) is 40.3 Å². The third-order valence-electron chi connectivity index (χ3n) is 8.39. The largest absolute Gasteiger partial charge is 0.493 e. The Kier molecular flexibility index (Phi) is 8.25. The van der Waals surface area contributed by atoms with Crippen molar-refractivity contribution in [3.8, 4) is 17.2 Å². The summed E-state index contributed by atoms with van der Waals surface area (Å²) in [5, 5.41) is 10.9. The Balaban J connectivity index is 1.27. The Morgan fingerprint density at radius 3 is 2.49 bits per heavy atom. The Bertz CT molecular complexity index is 2260. The van der Waals surface area contributed by atoms with Crippen molar-refractivity contribution in [1.29, 1.82) is 0 Å². The number of nitro groups is 1. The minimum atomic E-state index is -0.430. The van der Waals surface area contributed by atoms with E-state index in [0.29, 0.717) is 26.6 Å². The van der Waals surface area contributed by atoms with Crippen LogP contribution in [0.2, 0.25) is 0 Å². The zero-order chi connectivity index (χ0) is 32.7. The average Bonchev–Trinajstić information content (AvgIpc) is 3.40. The summed E-state index contributed by atoms with van der Waals surface area (Å²) in [6.45, 7) is 0.248. The molecule has 2 aliphatic rings. The number of ether oxygens (including phenoxy) is 3. The van der Waals surface area contributed by atoms with Gasteiger partial charge in [-0.15, -0.1) is 0 Å². The highest BCUT2D eigenvalue weighted by Crippen LogP contribution is 2.42. The Labute approximate surface area is 282 Å². The summed E-state index contributed by atoms with van der Waals surface area (Å²) in [5.41, 5.74) is 6.85. The van der Waals surface area contributed by atoms with Gasteiger partial charge in [0, 0.05) is 17.7 Å². The van der Waals surface area contributed by atoms with Crippen LogP contribution in [0.25, 0.3) is 11.8 Å². The maximum atomic E-state index is 14.2. The Morgan fingerprint density at radius 2 is 1.74 bits per heavy atom. The first-order valence-electron chi connectivity index (χ1n) is 14.9. The lowest BCUT2D eigenvalue weighted by atomic mass is 9.83. The molecule has 0 amide bonds. The molecule has 1 aliphatic carbocycles. The van der Waals surface area contributed by atoms with Crippen LogP contribution < -0.4 is 29.1 Å². The lowest BCUT2D eigenvalue weighted by Gasteiger charge is -2.31. The van der Waals surface area contributed by atoms with Gasteiger partial charge >= 0.3 is 0 Å². The SMILES string of the molecule is COc1ccc(C2C3=C(N=c4sc(=Cc5ccc(OCc6ccc([N+](=O)[O-])cc6)c(Br)c5)c(=O)n42)c2ccccc2CC3)cc1OC. The second kappa shape index (κ2) is 12.7. The molecule has 0 bridgehead atoms. The zero-order valence-corrected chi connectivity index (χ0v) is 27.8. The summed E-state index contributed by atoms with van der Waals surface area (Å²) >= 11 is 4.97. The number of nitrogens with zero attached hydrogens (tertiary/aromatic N) is 3. The number of fused-ring (bicyclic) bond motifs is 3. The van der Waals surface area contributed by atoms with Gasteiger partial charge in [-0.2, -0.15) is 0 Å². The number of non-ortho nitro benzene ring substituents is 1. The van der Waals surface area contributed by atoms with E-state index in [1.165, 1.54) is 29.0 Å². The quantitative estimate of drug-likeness (QED) is 0.133. The molecule has 2 heterocycles. The molecule has 1 atom stereocenters. The van der Waals surface area contributed by atoms with Crippen molar-refractivity contribution in [2.75, 3.05) is 14.2 Å². The highest BCUT2D eigenvalue weighted by Gasteiger charge is 2.33. The topological polar surface area (TPSA) is 105 Å². The van der Waals surface area contributed by atoms with Gasteiger partial charge in [0.05, 0.1) is 39.9 Å². The van der Waals surface area contributed by atoms with Crippen molar-refractivity contribution in [3.63, 3.8) is 0 Å². The molecule has 0 N–H and O–H groups in total. The maximum absolute atomic E-state index is 14.2. The van der Waals surface area contributed by atoms with Crippen molar-refractivity contribution in [3.05, 3.63) is 153 Å². The number of hydrogen-bond acceptors (Lipinski definition) is 8. The van der Waals surface area contributed by atoms with Gasteiger partial charge in [-0.3, -0.25) is 19.5 Å². The molecule has 0 radical (unpaired) electrons. The summed E-state index contributed by atoms with van der Waals surface area (Å²) < 4.78 is 20.2.